The number of hydrogen-bond acceptors (Lipinski definition) is 3. The molecule has 1 fully saturated rings. The van der Waals surface area contributed by atoms with Gasteiger partial charge in [0.1, 0.15) is 0 Å². The van der Waals surface area contributed by atoms with Crippen LogP contribution in [0.2, 0.25) is 0 Å². The summed E-state index contributed by atoms with van der Waals surface area (Å²) in [6.07, 6.45) is 3.12. The molecule has 6 nitrogen and oxygen atoms in total. The normalized spacial score (nSPS) is 14.5. The lowest BCUT2D eigenvalue weighted by Gasteiger charge is -2.26. The van der Waals surface area contributed by atoms with Gasteiger partial charge in [-0.25, -0.2) is 4.79 Å². The lowest BCUT2D eigenvalue weighted by atomic mass is 10.1. The molecule has 0 atom stereocenters. The Balaban J connectivity index is 1.97. The van der Waals surface area contributed by atoms with Crippen molar-refractivity contribution in [3.8, 4) is 0 Å². The molecule has 2 amide bonds. The number of nitrogens with zero attached hydrogens (tertiary/aromatic N) is 1. The zero-order chi connectivity index (χ0) is 16.1. The van der Waals surface area contributed by atoms with Crippen molar-refractivity contribution >= 4 is 33.7 Å². The minimum absolute atomic E-state index is 0.0156. The van der Waals surface area contributed by atoms with Crippen LogP contribution in [0.25, 0.3) is 0 Å². The highest BCUT2D eigenvalue weighted by molar-refractivity contribution is 9.10. The number of carbonyl (C=O) groups excluding carboxylic acids is 2. The zero-order valence-electron chi connectivity index (χ0n) is 12.0. The van der Waals surface area contributed by atoms with E-state index < -0.39 is 11.9 Å². The third-order valence-corrected chi connectivity index (χ3v) is 3.97. The maximum Gasteiger partial charge on any atom is 0.335 e. The van der Waals surface area contributed by atoms with Gasteiger partial charge in [0.2, 0.25) is 5.91 Å². The number of carbonyl (C=O) groups is 3. The summed E-state index contributed by atoms with van der Waals surface area (Å²) in [6.45, 7) is 1.39. The predicted molar refractivity (Wildman–Crippen MR) is 83.9 cm³/mol. The minimum atomic E-state index is -1.11. The number of halogens is 1. The van der Waals surface area contributed by atoms with Gasteiger partial charge < -0.3 is 15.3 Å². The zero-order valence-corrected chi connectivity index (χ0v) is 13.6. The number of rotatable bonds is 4. The lowest BCUT2D eigenvalue weighted by Crippen LogP contribution is -2.42. The number of aromatic carboxylic acids is 1. The van der Waals surface area contributed by atoms with E-state index in [1.807, 2.05) is 0 Å². The monoisotopic (exact) mass is 368 g/mol. The van der Waals surface area contributed by atoms with Crippen molar-refractivity contribution in [2.24, 2.45) is 0 Å². The average Bonchev–Trinajstić information content (AvgIpc) is 2.52. The summed E-state index contributed by atoms with van der Waals surface area (Å²) >= 11 is 3.17. The van der Waals surface area contributed by atoms with E-state index in [9.17, 15) is 14.4 Å². The number of carboxylic acid groups (broad SMARTS) is 1. The molecule has 0 spiro atoms. The SMILES string of the molecule is O=C(O)c1cc(Br)cc(C(=O)NCC(=O)N2CCCCC2)c1. The fourth-order valence-electron chi connectivity index (χ4n) is 2.36. The molecular formula is C15H17BrN2O4. The second-order valence-corrected chi connectivity index (χ2v) is 6.07. The quantitative estimate of drug-likeness (QED) is 0.849. The summed E-state index contributed by atoms with van der Waals surface area (Å²) in [4.78, 5) is 36.8. The van der Waals surface area contributed by atoms with Gasteiger partial charge in [0.05, 0.1) is 12.1 Å². The molecule has 1 aliphatic rings. The molecule has 7 heteroatoms. The van der Waals surface area contributed by atoms with E-state index in [0.29, 0.717) is 4.47 Å². The highest BCUT2D eigenvalue weighted by Gasteiger charge is 2.18. The number of carboxylic acids is 1. The first kappa shape index (κ1) is 16.5. The van der Waals surface area contributed by atoms with Gasteiger partial charge in [0.15, 0.2) is 0 Å². The van der Waals surface area contributed by atoms with E-state index in [-0.39, 0.29) is 23.6 Å². The fraction of sp³-hybridized carbons (Fsp3) is 0.400. The van der Waals surface area contributed by atoms with Gasteiger partial charge in [0, 0.05) is 23.1 Å². The topological polar surface area (TPSA) is 86.7 Å². The molecule has 2 rings (SSSR count). The van der Waals surface area contributed by atoms with Gasteiger partial charge in [-0.1, -0.05) is 15.9 Å². The van der Waals surface area contributed by atoms with Gasteiger partial charge in [-0.3, -0.25) is 9.59 Å². The maximum absolute atomic E-state index is 12.1. The predicted octanol–water partition coefficient (Wildman–Crippen LogP) is 1.89. The van der Waals surface area contributed by atoms with Gasteiger partial charge in [-0.2, -0.15) is 0 Å². The second kappa shape index (κ2) is 7.40. The molecule has 1 heterocycles. The van der Waals surface area contributed by atoms with Crippen LogP contribution >= 0.6 is 15.9 Å². The third-order valence-electron chi connectivity index (χ3n) is 3.52. The van der Waals surface area contributed by atoms with Crippen LogP contribution in [0.15, 0.2) is 22.7 Å². The molecular weight excluding hydrogens is 352 g/mol. The molecule has 118 valence electrons. The van der Waals surface area contributed by atoms with Gasteiger partial charge in [0.25, 0.3) is 5.91 Å². The fourth-order valence-corrected chi connectivity index (χ4v) is 2.85. The van der Waals surface area contributed by atoms with Crippen LogP contribution in [0, 0.1) is 0 Å². The molecule has 0 bridgehead atoms. The van der Waals surface area contributed by atoms with Gasteiger partial charge >= 0.3 is 5.97 Å². The van der Waals surface area contributed by atoms with Crippen molar-refractivity contribution in [1.29, 1.82) is 0 Å². The molecule has 0 aromatic heterocycles. The number of hydrogen-bond donors (Lipinski definition) is 2. The van der Waals surface area contributed by atoms with Crippen LogP contribution in [0.4, 0.5) is 0 Å². The first-order valence-corrected chi connectivity index (χ1v) is 7.86. The summed E-state index contributed by atoms with van der Waals surface area (Å²) in [5.74, 6) is -1.68. The van der Waals surface area contributed by atoms with Crippen LogP contribution in [0.5, 0.6) is 0 Å². The highest BCUT2D eigenvalue weighted by Crippen LogP contribution is 2.16. The number of likely N-dealkylation sites (tertiary alicyclic amines) is 1. The Bertz CT molecular complexity index is 597. The van der Waals surface area contributed by atoms with Crippen molar-refractivity contribution in [3.05, 3.63) is 33.8 Å². The van der Waals surface area contributed by atoms with Crippen LogP contribution in [0.1, 0.15) is 40.0 Å². The number of amides is 2. The summed E-state index contributed by atoms with van der Waals surface area (Å²) in [7, 11) is 0. The summed E-state index contributed by atoms with van der Waals surface area (Å²) in [5, 5.41) is 11.5. The Morgan fingerprint density at radius 1 is 1.09 bits per heavy atom. The first-order valence-electron chi connectivity index (χ1n) is 7.07. The Morgan fingerprint density at radius 2 is 1.73 bits per heavy atom. The smallest absolute Gasteiger partial charge is 0.335 e. The van der Waals surface area contributed by atoms with Crippen molar-refractivity contribution in [2.75, 3.05) is 19.6 Å². The van der Waals surface area contributed by atoms with Crippen LogP contribution in [-0.2, 0) is 4.79 Å². The Hall–Kier alpha value is -1.89. The molecule has 1 aliphatic heterocycles. The molecule has 1 aromatic carbocycles. The first-order chi connectivity index (χ1) is 10.5. The Labute approximate surface area is 136 Å². The summed E-state index contributed by atoms with van der Waals surface area (Å²) < 4.78 is 0.500. The third kappa shape index (κ3) is 4.30. The van der Waals surface area contributed by atoms with Crippen molar-refractivity contribution in [2.45, 2.75) is 19.3 Å². The minimum Gasteiger partial charge on any atom is -0.478 e. The van der Waals surface area contributed by atoms with E-state index in [4.69, 9.17) is 5.11 Å². The van der Waals surface area contributed by atoms with E-state index in [0.717, 1.165) is 32.4 Å². The number of piperidine rings is 1. The van der Waals surface area contributed by atoms with Crippen LogP contribution in [-0.4, -0.2) is 47.4 Å². The van der Waals surface area contributed by atoms with Gasteiger partial charge in [-0.05, 0) is 37.5 Å². The molecule has 2 N–H and O–H groups in total. The molecule has 22 heavy (non-hydrogen) atoms. The number of benzene rings is 1. The standard InChI is InChI=1S/C15H17BrN2O4/c16-12-7-10(6-11(8-12)15(21)22)14(20)17-9-13(19)18-4-2-1-3-5-18/h6-8H,1-5,9H2,(H,17,20)(H,21,22). The van der Waals surface area contributed by atoms with E-state index in [2.05, 4.69) is 21.2 Å². The highest BCUT2D eigenvalue weighted by atomic mass is 79.9. The molecule has 0 unspecified atom stereocenters. The molecule has 0 radical (unpaired) electrons. The maximum atomic E-state index is 12.1. The van der Waals surface area contributed by atoms with Crippen molar-refractivity contribution in [1.82, 2.24) is 10.2 Å². The Kier molecular flexibility index (Phi) is 5.54. The summed E-state index contributed by atoms with van der Waals surface area (Å²) in [5.41, 5.74) is 0.222. The van der Waals surface area contributed by atoms with Gasteiger partial charge in [-0.15, -0.1) is 0 Å². The second-order valence-electron chi connectivity index (χ2n) is 5.16. The van der Waals surface area contributed by atoms with Crippen LogP contribution < -0.4 is 5.32 Å². The lowest BCUT2D eigenvalue weighted by molar-refractivity contribution is -0.130. The molecule has 0 saturated carbocycles. The van der Waals surface area contributed by atoms with Crippen molar-refractivity contribution < 1.29 is 19.5 Å². The van der Waals surface area contributed by atoms with Crippen LogP contribution in [0.3, 0.4) is 0 Å². The average molecular weight is 369 g/mol. The summed E-state index contributed by atoms with van der Waals surface area (Å²) in [6, 6.07) is 4.22. The molecule has 1 saturated heterocycles. The molecule has 1 aromatic rings. The van der Waals surface area contributed by atoms with Crippen molar-refractivity contribution in [3.63, 3.8) is 0 Å². The Morgan fingerprint density at radius 3 is 2.36 bits per heavy atom. The largest absolute Gasteiger partial charge is 0.478 e. The van der Waals surface area contributed by atoms with E-state index >= 15 is 0 Å². The van der Waals surface area contributed by atoms with E-state index in [1.54, 1.807) is 4.90 Å². The van der Waals surface area contributed by atoms with E-state index in [1.165, 1.54) is 18.2 Å². The number of nitrogens with one attached hydrogen (secondary N) is 1. The molecule has 0 aliphatic carbocycles.